The van der Waals surface area contributed by atoms with E-state index in [0.29, 0.717) is 24.2 Å². The average Bonchev–Trinajstić information content (AvgIpc) is 2.65. The second-order valence-corrected chi connectivity index (χ2v) is 6.04. The number of likely N-dealkylation sites (tertiary alicyclic amines) is 1. The van der Waals surface area contributed by atoms with E-state index in [1.54, 1.807) is 29.2 Å². The summed E-state index contributed by atoms with van der Waals surface area (Å²) >= 11 is 0. The third kappa shape index (κ3) is 3.86. The molecular weight excluding hydrogens is 314 g/mol. The number of rotatable bonds is 4. The molecule has 2 aromatic rings. The zero-order valence-corrected chi connectivity index (χ0v) is 13.8. The Balaban J connectivity index is 1.86. The van der Waals surface area contributed by atoms with Crippen molar-refractivity contribution in [1.29, 1.82) is 5.26 Å². The van der Waals surface area contributed by atoms with Crippen molar-refractivity contribution < 1.29 is 9.59 Å². The Hall–Kier alpha value is -3.13. The topological polar surface area (TPSA) is 73.2 Å². The fourth-order valence-corrected chi connectivity index (χ4v) is 3.05. The van der Waals surface area contributed by atoms with Crippen LogP contribution in [0.3, 0.4) is 0 Å². The minimum absolute atomic E-state index is 0.00933. The standard InChI is InChI=1S/C20H19N3O2/c21-14-15-9-11-17(12-10-15)22-20(25)19(16-6-2-1-3-7-16)23-13-5-4-8-18(23)24/h1-3,6-7,9-12,19H,4-5,8,13H2,(H,22,25)/t19-/m1/s1. The van der Waals surface area contributed by atoms with Gasteiger partial charge in [0, 0.05) is 18.7 Å². The summed E-state index contributed by atoms with van der Waals surface area (Å²) in [7, 11) is 0. The van der Waals surface area contributed by atoms with Crippen LogP contribution in [0.25, 0.3) is 0 Å². The molecule has 5 nitrogen and oxygen atoms in total. The molecule has 3 rings (SSSR count). The molecule has 0 aliphatic carbocycles. The molecule has 1 fully saturated rings. The van der Waals surface area contributed by atoms with Gasteiger partial charge in [-0.3, -0.25) is 9.59 Å². The molecule has 0 bridgehead atoms. The van der Waals surface area contributed by atoms with Crippen LogP contribution in [0, 0.1) is 11.3 Å². The van der Waals surface area contributed by atoms with Gasteiger partial charge in [-0.05, 0) is 42.7 Å². The SMILES string of the molecule is N#Cc1ccc(NC(=O)[C@@H](c2ccccc2)N2CCCCC2=O)cc1. The molecule has 1 heterocycles. The minimum Gasteiger partial charge on any atom is -0.327 e. The Bertz CT molecular complexity index is 794. The van der Waals surface area contributed by atoms with E-state index >= 15 is 0 Å². The van der Waals surface area contributed by atoms with E-state index in [4.69, 9.17) is 5.26 Å². The van der Waals surface area contributed by atoms with Crippen molar-refractivity contribution in [1.82, 2.24) is 4.90 Å². The lowest BCUT2D eigenvalue weighted by Gasteiger charge is -2.34. The number of nitriles is 1. The molecule has 0 saturated carbocycles. The number of hydrogen-bond acceptors (Lipinski definition) is 3. The van der Waals surface area contributed by atoms with Crippen molar-refractivity contribution in [2.75, 3.05) is 11.9 Å². The molecule has 5 heteroatoms. The lowest BCUT2D eigenvalue weighted by molar-refractivity contribution is -0.141. The highest BCUT2D eigenvalue weighted by atomic mass is 16.2. The van der Waals surface area contributed by atoms with E-state index < -0.39 is 6.04 Å². The van der Waals surface area contributed by atoms with Crippen molar-refractivity contribution in [3.63, 3.8) is 0 Å². The molecule has 1 N–H and O–H groups in total. The highest BCUT2D eigenvalue weighted by Gasteiger charge is 2.32. The molecule has 0 spiro atoms. The predicted octanol–water partition coefficient (Wildman–Crippen LogP) is 3.25. The Morgan fingerprint density at radius 1 is 1.08 bits per heavy atom. The molecule has 2 amide bonds. The molecule has 25 heavy (non-hydrogen) atoms. The first-order valence-corrected chi connectivity index (χ1v) is 8.34. The van der Waals surface area contributed by atoms with Crippen LogP contribution in [0.1, 0.15) is 36.4 Å². The highest BCUT2D eigenvalue weighted by molar-refractivity contribution is 5.98. The number of nitrogens with one attached hydrogen (secondary N) is 1. The number of carbonyl (C=O) groups is 2. The van der Waals surface area contributed by atoms with Gasteiger partial charge < -0.3 is 10.2 Å². The first kappa shape index (κ1) is 16.7. The predicted molar refractivity (Wildman–Crippen MR) is 94.5 cm³/mol. The van der Waals surface area contributed by atoms with E-state index in [1.165, 1.54) is 0 Å². The number of piperidine rings is 1. The maximum absolute atomic E-state index is 12.9. The summed E-state index contributed by atoms with van der Waals surface area (Å²) in [5.41, 5.74) is 1.93. The summed E-state index contributed by atoms with van der Waals surface area (Å²) in [5, 5.41) is 11.7. The van der Waals surface area contributed by atoms with Crippen LogP contribution >= 0.6 is 0 Å². The van der Waals surface area contributed by atoms with E-state index in [-0.39, 0.29) is 11.8 Å². The quantitative estimate of drug-likeness (QED) is 0.933. The first-order valence-electron chi connectivity index (χ1n) is 8.34. The van der Waals surface area contributed by atoms with Crippen molar-refractivity contribution >= 4 is 17.5 Å². The summed E-state index contributed by atoms with van der Waals surface area (Å²) in [6.45, 7) is 0.583. The van der Waals surface area contributed by atoms with Crippen LogP contribution in [0.4, 0.5) is 5.69 Å². The Morgan fingerprint density at radius 2 is 1.80 bits per heavy atom. The molecule has 126 valence electrons. The molecular formula is C20H19N3O2. The lowest BCUT2D eigenvalue weighted by atomic mass is 10.0. The van der Waals surface area contributed by atoms with Crippen LogP contribution in [0.15, 0.2) is 54.6 Å². The van der Waals surface area contributed by atoms with Crippen molar-refractivity contribution in [2.45, 2.75) is 25.3 Å². The third-order valence-corrected chi connectivity index (χ3v) is 4.32. The van der Waals surface area contributed by atoms with E-state index in [2.05, 4.69) is 5.32 Å². The van der Waals surface area contributed by atoms with Crippen LogP contribution in [-0.4, -0.2) is 23.3 Å². The monoisotopic (exact) mass is 333 g/mol. The van der Waals surface area contributed by atoms with Crippen molar-refractivity contribution in [3.05, 3.63) is 65.7 Å². The van der Waals surface area contributed by atoms with Crippen LogP contribution < -0.4 is 5.32 Å². The summed E-state index contributed by atoms with van der Waals surface area (Å²) in [4.78, 5) is 27.0. The van der Waals surface area contributed by atoms with Crippen molar-refractivity contribution in [2.24, 2.45) is 0 Å². The van der Waals surface area contributed by atoms with Crippen LogP contribution in [0.2, 0.25) is 0 Å². The number of benzene rings is 2. The minimum atomic E-state index is -0.648. The summed E-state index contributed by atoms with van der Waals surface area (Å²) < 4.78 is 0. The van der Waals surface area contributed by atoms with Gasteiger partial charge >= 0.3 is 0 Å². The zero-order valence-electron chi connectivity index (χ0n) is 13.8. The maximum atomic E-state index is 12.9. The lowest BCUT2D eigenvalue weighted by Crippen LogP contribution is -2.43. The van der Waals surface area contributed by atoms with Gasteiger partial charge in [0.2, 0.25) is 5.91 Å². The van der Waals surface area contributed by atoms with Gasteiger partial charge in [0.05, 0.1) is 11.6 Å². The summed E-state index contributed by atoms with van der Waals surface area (Å²) in [6.07, 6.45) is 2.25. The second-order valence-electron chi connectivity index (χ2n) is 6.04. The number of anilines is 1. The normalized spacial score (nSPS) is 15.3. The van der Waals surface area contributed by atoms with E-state index in [0.717, 1.165) is 18.4 Å². The fraction of sp³-hybridized carbons (Fsp3) is 0.250. The van der Waals surface area contributed by atoms with Gasteiger partial charge in [0.1, 0.15) is 6.04 Å². The summed E-state index contributed by atoms with van der Waals surface area (Å²) in [5.74, 6) is -0.235. The number of nitrogens with zero attached hydrogens (tertiary/aromatic N) is 2. The first-order chi connectivity index (χ1) is 12.2. The Kier molecular flexibility index (Phi) is 5.10. The van der Waals surface area contributed by atoms with Gasteiger partial charge in [0.15, 0.2) is 0 Å². The van der Waals surface area contributed by atoms with Crippen LogP contribution in [-0.2, 0) is 9.59 Å². The van der Waals surface area contributed by atoms with Crippen molar-refractivity contribution in [3.8, 4) is 6.07 Å². The van der Waals surface area contributed by atoms with E-state index in [9.17, 15) is 9.59 Å². The molecule has 0 aromatic heterocycles. The largest absolute Gasteiger partial charge is 0.327 e. The molecule has 1 aliphatic rings. The Labute approximate surface area is 146 Å². The van der Waals surface area contributed by atoms with Crippen LogP contribution in [0.5, 0.6) is 0 Å². The highest BCUT2D eigenvalue weighted by Crippen LogP contribution is 2.27. The smallest absolute Gasteiger partial charge is 0.251 e. The number of hydrogen-bond donors (Lipinski definition) is 1. The number of amides is 2. The van der Waals surface area contributed by atoms with Gasteiger partial charge in [-0.1, -0.05) is 30.3 Å². The molecule has 0 unspecified atom stereocenters. The third-order valence-electron chi connectivity index (χ3n) is 4.32. The van der Waals surface area contributed by atoms with E-state index in [1.807, 2.05) is 36.4 Å². The maximum Gasteiger partial charge on any atom is 0.251 e. The van der Waals surface area contributed by atoms with Gasteiger partial charge in [-0.15, -0.1) is 0 Å². The molecule has 1 aliphatic heterocycles. The number of carbonyl (C=O) groups excluding carboxylic acids is 2. The Morgan fingerprint density at radius 3 is 2.44 bits per heavy atom. The molecule has 1 atom stereocenters. The van der Waals surface area contributed by atoms with Gasteiger partial charge in [-0.2, -0.15) is 5.26 Å². The molecule has 1 saturated heterocycles. The zero-order chi connectivity index (χ0) is 17.6. The molecule has 0 radical (unpaired) electrons. The van der Waals surface area contributed by atoms with Gasteiger partial charge in [-0.25, -0.2) is 0 Å². The average molecular weight is 333 g/mol. The van der Waals surface area contributed by atoms with Gasteiger partial charge in [0.25, 0.3) is 5.91 Å². The fourth-order valence-electron chi connectivity index (χ4n) is 3.05. The second kappa shape index (κ2) is 7.63. The summed E-state index contributed by atoms with van der Waals surface area (Å²) in [6, 6.07) is 17.4. The molecule has 2 aromatic carbocycles.